The molecule has 4 aliphatic rings. The Bertz CT molecular complexity index is 434. The molecule has 138 valence electrons. The number of quaternary nitrogens is 1. The van der Waals surface area contributed by atoms with Crippen LogP contribution in [-0.4, -0.2) is 65.1 Å². The molecular weight excluding hydrogens is 306 g/mol. The van der Waals surface area contributed by atoms with E-state index in [1.807, 2.05) is 14.2 Å². The largest absolute Gasteiger partial charge is 0.379 e. The molecule has 0 aromatic rings. The third kappa shape index (κ3) is 3.03. The summed E-state index contributed by atoms with van der Waals surface area (Å²) in [6.07, 6.45) is 8.53. The molecule has 0 spiro atoms. The molecule has 0 radical (unpaired) electrons. The molecule has 2 saturated heterocycles. The minimum atomic E-state index is 0.257. The smallest absolute Gasteiger partial charge is 0.147 e. The zero-order chi connectivity index (χ0) is 16.7. The molecule has 2 aliphatic heterocycles. The number of hydrogen-bond donors (Lipinski definition) is 1. The van der Waals surface area contributed by atoms with Crippen LogP contribution in [0.1, 0.15) is 38.5 Å². The van der Waals surface area contributed by atoms with Crippen LogP contribution in [0.4, 0.5) is 0 Å². The van der Waals surface area contributed by atoms with Crippen molar-refractivity contribution in [2.24, 2.45) is 17.8 Å². The summed E-state index contributed by atoms with van der Waals surface area (Å²) < 4.78 is 23.1. The summed E-state index contributed by atoms with van der Waals surface area (Å²) in [5, 5.41) is 0. The molecule has 2 heterocycles. The van der Waals surface area contributed by atoms with Crippen LogP contribution in [0, 0.1) is 17.8 Å². The molecule has 0 bridgehead atoms. The average molecular weight is 340 g/mol. The van der Waals surface area contributed by atoms with Gasteiger partial charge < -0.3 is 23.8 Å². The van der Waals surface area contributed by atoms with E-state index in [9.17, 15) is 0 Å². The van der Waals surface area contributed by atoms with E-state index in [1.54, 1.807) is 4.90 Å². The van der Waals surface area contributed by atoms with Crippen LogP contribution in [0.15, 0.2) is 0 Å². The first kappa shape index (κ1) is 17.2. The lowest BCUT2D eigenvalue weighted by Gasteiger charge is -2.51. The van der Waals surface area contributed by atoms with Crippen LogP contribution < -0.4 is 4.90 Å². The Hall–Kier alpha value is -0.200. The standard InChI is InChI=1S/C19H33NO4/c1-20-7-6-12-8-16(21-2)17(22-3)10-14(12)19(20)13-4-5-15-18(9-13)24-11-23-15/h12-19H,4-11H2,1-3H3/p+1. The molecular formula is C19H34NO4+. The van der Waals surface area contributed by atoms with Crippen LogP contribution >= 0.6 is 0 Å². The molecule has 4 fully saturated rings. The van der Waals surface area contributed by atoms with Crippen molar-refractivity contribution in [3.05, 3.63) is 0 Å². The number of piperidine rings is 1. The van der Waals surface area contributed by atoms with E-state index in [0.717, 1.165) is 30.2 Å². The van der Waals surface area contributed by atoms with Crippen molar-refractivity contribution in [1.29, 1.82) is 0 Å². The first-order valence-corrected chi connectivity index (χ1v) is 9.82. The maximum Gasteiger partial charge on any atom is 0.147 e. The molecule has 2 aliphatic carbocycles. The molecule has 4 rings (SSSR count). The summed E-state index contributed by atoms with van der Waals surface area (Å²) in [6.45, 7) is 1.80. The summed E-state index contributed by atoms with van der Waals surface area (Å²) >= 11 is 0. The Kier molecular flexibility index (Phi) is 5.17. The molecule has 0 aromatic heterocycles. The molecule has 9 unspecified atom stereocenters. The van der Waals surface area contributed by atoms with E-state index in [-0.39, 0.29) is 12.2 Å². The zero-order valence-corrected chi connectivity index (χ0v) is 15.4. The number of fused-ring (bicyclic) bond motifs is 2. The molecule has 9 atom stereocenters. The summed E-state index contributed by atoms with van der Waals surface area (Å²) in [5.41, 5.74) is 0. The third-order valence-electron chi connectivity index (χ3n) is 7.45. The normalized spacial score (nSPS) is 51.9. The van der Waals surface area contributed by atoms with Crippen molar-refractivity contribution in [3.8, 4) is 0 Å². The van der Waals surface area contributed by atoms with Crippen molar-refractivity contribution in [2.75, 3.05) is 34.6 Å². The van der Waals surface area contributed by atoms with E-state index < -0.39 is 0 Å². The zero-order valence-electron chi connectivity index (χ0n) is 15.4. The molecule has 5 heteroatoms. The van der Waals surface area contributed by atoms with Crippen LogP contribution in [0.5, 0.6) is 0 Å². The highest BCUT2D eigenvalue weighted by atomic mass is 16.7. The van der Waals surface area contributed by atoms with Gasteiger partial charge in [0.2, 0.25) is 0 Å². The second-order valence-corrected chi connectivity index (χ2v) is 8.46. The van der Waals surface area contributed by atoms with E-state index in [0.29, 0.717) is 19.0 Å². The highest BCUT2D eigenvalue weighted by molar-refractivity contribution is 4.96. The Morgan fingerprint density at radius 3 is 2.38 bits per heavy atom. The van der Waals surface area contributed by atoms with E-state index in [2.05, 4.69) is 7.05 Å². The molecule has 24 heavy (non-hydrogen) atoms. The van der Waals surface area contributed by atoms with Gasteiger partial charge in [-0.05, 0) is 44.4 Å². The maximum atomic E-state index is 5.85. The van der Waals surface area contributed by atoms with Gasteiger partial charge in [0.15, 0.2) is 0 Å². The van der Waals surface area contributed by atoms with Gasteiger partial charge in [-0.15, -0.1) is 0 Å². The first-order valence-electron chi connectivity index (χ1n) is 9.82. The van der Waals surface area contributed by atoms with Gasteiger partial charge in [-0.2, -0.15) is 0 Å². The number of methoxy groups -OCH3 is 2. The second-order valence-electron chi connectivity index (χ2n) is 8.46. The molecule has 1 N–H and O–H groups in total. The SMILES string of the molecule is COC1CC2CC[NH+](C)C(C3CCC4OCOC4C3)C2CC1OC. The van der Waals surface area contributed by atoms with Gasteiger partial charge in [-0.25, -0.2) is 0 Å². The van der Waals surface area contributed by atoms with E-state index in [4.69, 9.17) is 18.9 Å². The van der Waals surface area contributed by atoms with Crippen LogP contribution in [0.25, 0.3) is 0 Å². The Balaban J connectivity index is 1.50. The van der Waals surface area contributed by atoms with Crippen LogP contribution in [-0.2, 0) is 18.9 Å². The number of hydrogen-bond acceptors (Lipinski definition) is 4. The monoisotopic (exact) mass is 340 g/mol. The fourth-order valence-electron chi connectivity index (χ4n) is 6.24. The van der Waals surface area contributed by atoms with E-state index >= 15 is 0 Å². The Morgan fingerprint density at radius 2 is 1.58 bits per heavy atom. The number of nitrogens with one attached hydrogen (secondary N) is 1. The molecule has 0 aromatic carbocycles. The summed E-state index contributed by atoms with van der Waals surface area (Å²) in [4.78, 5) is 1.73. The number of ether oxygens (including phenoxy) is 4. The van der Waals surface area contributed by atoms with Gasteiger partial charge in [0, 0.05) is 26.1 Å². The molecule has 5 nitrogen and oxygen atoms in total. The van der Waals surface area contributed by atoms with Crippen LogP contribution in [0.2, 0.25) is 0 Å². The highest BCUT2D eigenvalue weighted by Crippen LogP contribution is 2.43. The molecule has 2 saturated carbocycles. The fraction of sp³-hybridized carbons (Fsp3) is 1.00. The van der Waals surface area contributed by atoms with Gasteiger partial charge in [0.25, 0.3) is 0 Å². The number of likely N-dealkylation sites (tertiary alicyclic amines) is 1. The van der Waals surface area contributed by atoms with Gasteiger partial charge in [-0.3, -0.25) is 0 Å². The lowest BCUT2D eigenvalue weighted by Crippen LogP contribution is -3.16. The topological polar surface area (TPSA) is 41.4 Å². The summed E-state index contributed by atoms with van der Waals surface area (Å²) in [7, 11) is 6.09. The predicted molar refractivity (Wildman–Crippen MR) is 89.9 cm³/mol. The highest BCUT2D eigenvalue weighted by Gasteiger charge is 2.51. The van der Waals surface area contributed by atoms with Gasteiger partial charge in [0.1, 0.15) is 6.79 Å². The third-order valence-corrected chi connectivity index (χ3v) is 7.45. The lowest BCUT2D eigenvalue weighted by atomic mass is 9.64. The maximum absolute atomic E-state index is 5.85. The summed E-state index contributed by atoms with van der Waals surface area (Å²) in [6, 6.07) is 0.740. The fourth-order valence-corrected chi connectivity index (χ4v) is 6.24. The van der Waals surface area contributed by atoms with Crippen molar-refractivity contribution < 1.29 is 23.8 Å². The predicted octanol–water partition coefficient (Wildman–Crippen LogP) is 0.871. The number of rotatable bonds is 3. The minimum absolute atomic E-state index is 0.257. The first-order chi connectivity index (χ1) is 11.7. The minimum Gasteiger partial charge on any atom is -0.379 e. The average Bonchev–Trinajstić information content (AvgIpc) is 3.08. The second kappa shape index (κ2) is 7.20. The Morgan fingerprint density at radius 1 is 0.833 bits per heavy atom. The van der Waals surface area contributed by atoms with Crippen LogP contribution in [0.3, 0.4) is 0 Å². The van der Waals surface area contributed by atoms with Crippen molar-refractivity contribution in [1.82, 2.24) is 0 Å². The van der Waals surface area contributed by atoms with Gasteiger partial charge >= 0.3 is 0 Å². The Labute approximate surface area is 145 Å². The summed E-state index contributed by atoms with van der Waals surface area (Å²) in [5.74, 6) is 2.32. The quantitative estimate of drug-likeness (QED) is 0.828. The van der Waals surface area contributed by atoms with Gasteiger partial charge in [-0.1, -0.05) is 0 Å². The lowest BCUT2D eigenvalue weighted by molar-refractivity contribution is -0.922. The molecule has 0 amide bonds. The van der Waals surface area contributed by atoms with Gasteiger partial charge in [0.05, 0.1) is 44.1 Å². The van der Waals surface area contributed by atoms with Crippen molar-refractivity contribution >= 4 is 0 Å². The van der Waals surface area contributed by atoms with Crippen molar-refractivity contribution in [2.45, 2.75) is 69.0 Å². The van der Waals surface area contributed by atoms with E-state index in [1.165, 1.54) is 38.6 Å². The van der Waals surface area contributed by atoms with Crippen molar-refractivity contribution in [3.63, 3.8) is 0 Å².